The van der Waals surface area contributed by atoms with E-state index in [2.05, 4.69) is 20.2 Å². The number of carbonyl (C=O) groups is 1. The van der Waals surface area contributed by atoms with Crippen molar-refractivity contribution in [2.24, 2.45) is 0 Å². The minimum absolute atomic E-state index is 0.0347. The third-order valence-electron chi connectivity index (χ3n) is 3.59. The normalized spacial score (nSPS) is 16.0. The average Bonchev–Trinajstić information content (AvgIpc) is 2.49. The highest BCUT2D eigenvalue weighted by Gasteiger charge is 2.23. The highest BCUT2D eigenvalue weighted by Crippen LogP contribution is 2.19. The number of hydrogen-bond acceptors (Lipinski definition) is 5. The maximum atomic E-state index is 14.2. The van der Waals surface area contributed by atoms with Gasteiger partial charge in [-0.05, 0) is 13.3 Å². The van der Waals surface area contributed by atoms with Crippen LogP contribution in [0.1, 0.15) is 19.5 Å². The number of amides is 1. The van der Waals surface area contributed by atoms with Crippen LogP contribution in [0.25, 0.3) is 0 Å². The molecule has 2 heterocycles. The Balaban J connectivity index is 1.93. The molecule has 2 rings (SSSR count). The summed E-state index contributed by atoms with van der Waals surface area (Å²) in [5, 5.41) is 2.79. The SMILES string of the molecule is CCNC(=O)CN1CCN(c2ncnc(CC)c2F)CC1. The smallest absolute Gasteiger partial charge is 0.234 e. The van der Waals surface area contributed by atoms with Crippen molar-refractivity contribution in [3.05, 3.63) is 17.8 Å². The monoisotopic (exact) mass is 295 g/mol. The number of rotatable bonds is 5. The van der Waals surface area contributed by atoms with E-state index in [4.69, 9.17) is 0 Å². The lowest BCUT2D eigenvalue weighted by atomic mass is 10.2. The van der Waals surface area contributed by atoms with Crippen molar-refractivity contribution < 1.29 is 9.18 Å². The van der Waals surface area contributed by atoms with E-state index in [-0.39, 0.29) is 11.7 Å². The van der Waals surface area contributed by atoms with E-state index in [9.17, 15) is 9.18 Å². The number of aryl methyl sites for hydroxylation is 1. The summed E-state index contributed by atoms with van der Waals surface area (Å²) in [5.74, 6) is 0.0871. The molecule has 0 saturated carbocycles. The van der Waals surface area contributed by atoms with Gasteiger partial charge >= 0.3 is 0 Å². The van der Waals surface area contributed by atoms with Crippen LogP contribution in [0.15, 0.2) is 6.33 Å². The highest BCUT2D eigenvalue weighted by molar-refractivity contribution is 5.77. The van der Waals surface area contributed by atoms with Crippen LogP contribution in [0.4, 0.5) is 10.2 Å². The van der Waals surface area contributed by atoms with Crippen molar-refractivity contribution in [3.8, 4) is 0 Å². The molecular weight excluding hydrogens is 273 g/mol. The van der Waals surface area contributed by atoms with E-state index in [1.54, 1.807) is 0 Å². The van der Waals surface area contributed by atoms with E-state index in [0.717, 1.165) is 13.1 Å². The number of nitrogens with zero attached hydrogens (tertiary/aromatic N) is 4. The van der Waals surface area contributed by atoms with Gasteiger partial charge in [0.15, 0.2) is 11.6 Å². The average molecular weight is 295 g/mol. The fourth-order valence-corrected chi connectivity index (χ4v) is 2.44. The van der Waals surface area contributed by atoms with Gasteiger partial charge in [-0.1, -0.05) is 6.92 Å². The molecule has 1 aliphatic heterocycles. The van der Waals surface area contributed by atoms with Gasteiger partial charge in [0.1, 0.15) is 6.33 Å². The molecule has 0 aliphatic carbocycles. The molecule has 1 aliphatic rings. The topological polar surface area (TPSA) is 61.4 Å². The predicted molar refractivity (Wildman–Crippen MR) is 78.7 cm³/mol. The summed E-state index contributed by atoms with van der Waals surface area (Å²) in [5.41, 5.74) is 0.449. The van der Waals surface area contributed by atoms with Crippen molar-refractivity contribution in [2.45, 2.75) is 20.3 Å². The molecule has 0 aromatic carbocycles. The fraction of sp³-hybridized carbons (Fsp3) is 0.643. The zero-order valence-electron chi connectivity index (χ0n) is 12.6. The number of aromatic nitrogens is 2. The second-order valence-corrected chi connectivity index (χ2v) is 5.03. The van der Waals surface area contributed by atoms with Crippen LogP contribution in [-0.4, -0.2) is 60.0 Å². The van der Waals surface area contributed by atoms with Crippen LogP contribution in [0.5, 0.6) is 0 Å². The van der Waals surface area contributed by atoms with E-state index >= 15 is 0 Å². The van der Waals surface area contributed by atoms with Crippen molar-refractivity contribution >= 4 is 11.7 Å². The van der Waals surface area contributed by atoms with E-state index in [1.165, 1.54) is 6.33 Å². The van der Waals surface area contributed by atoms with Crippen LogP contribution < -0.4 is 10.2 Å². The molecule has 1 amide bonds. The minimum Gasteiger partial charge on any atom is -0.355 e. The van der Waals surface area contributed by atoms with E-state index in [1.807, 2.05) is 18.7 Å². The van der Waals surface area contributed by atoms with Gasteiger partial charge in [-0.3, -0.25) is 9.69 Å². The van der Waals surface area contributed by atoms with Gasteiger partial charge in [-0.15, -0.1) is 0 Å². The lowest BCUT2D eigenvalue weighted by Crippen LogP contribution is -2.50. The van der Waals surface area contributed by atoms with Gasteiger partial charge in [0.25, 0.3) is 0 Å². The Kier molecular flexibility index (Phi) is 5.44. The first-order chi connectivity index (χ1) is 10.2. The first kappa shape index (κ1) is 15.6. The summed E-state index contributed by atoms with van der Waals surface area (Å²) in [7, 11) is 0. The Hall–Kier alpha value is -1.76. The van der Waals surface area contributed by atoms with Crippen LogP contribution >= 0.6 is 0 Å². The molecule has 0 atom stereocenters. The van der Waals surface area contributed by atoms with Crippen LogP contribution in [0.3, 0.4) is 0 Å². The Bertz CT molecular complexity index is 488. The Morgan fingerprint density at radius 1 is 1.29 bits per heavy atom. The summed E-state index contributed by atoms with van der Waals surface area (Å²) < 4.78 is 14.2. The number of nitrogens with one attached hydrogen (secondary N) is 1. The van der Waals surface area contributed by atoms with Crippen LogP contribution in [-0.2, 0) is 11.2 Å². The molecule has 0 unspecified atom stereocenters. The largest absolute Gasteiger partial charge is 0.355 e. The molecule has 1 saturated heterocycles. The van der Waals surface area contributed by atoms with E-state index < -0.39 is 0 Å². The van der Waals surface area contributed by atoms with Crippen LogP contribution in [0, 0.1) is 5.82 Å². The first-order valence-electron chi connectivity index (χ1n) is 7.39. The summed E-state index contributed by atoms with van der Waals surface area (Å²) in [6.45, 7) is 7.59. The molecule has 1 N–H and O–H groups in total. The minimum atomic E-state index is -0.322. The second kappa shape index (κ2) is 7.31. The Morgan fingerprint density at radius 2 is 2.00 bits per heavy atom. The van der Waals surface area contributed by atoms with Crippen molar-refractivity contribution in [1.82, 2.24) is 20.2 Å². The predicted octanol–water partition coefficient (Wildman–Crippen LogP) is 0.436. The zero-order chi connectivity index (χ0) is 15.2. The van der Waals surface area contributed by atoms with Gasteiger partial charge < -0.3 is 10.2 Å². The molecule has 1 aromatic heterocycles. The van der Waals surface area contributed by atoms with E-state index in [0.29, 0.717) is 44.1 Å². The summed E-state index contributed by atoms with van der Waals surface area (Å²) in [4.78, 5) is 23.6. The number of likely N-dealkylation sites (N-methyl/N-ethyl adjacent to an activating group) is 1. The molecule has 1 fully saturated rings. The lowest BCUT2D eigenvalue weighted by molar-refractivity contribution is -0.122. The van der Waals surface area contributed by atoms with Gasteiger partial charge in [-0.2, -0.15) is 0 Å². The van der Waals surface area contributed by atoms with Crippen molar-refractivity contribution in [1.29, 1.82) is 0 Å². The summed E-state index contributed by atoms with van der Waals surface area (Å²) >= 11 is 0. The Labute approximate surface area is 124 Å². The fourth-order valence-electron chi connectivity index (χ4n) is 2.44. The molecular formula is C14H22FN5O. The number of carbonyl (C=O) groups excluding carboxylic acids is 1. The van der Waals surface area contributed by atoms with Crippen molar-refractivity contribution in [3.63, 3.8) is 0 Å². The van der Waals surface area contributed by atoms with Gasteiger partial charge in [0, 0.05) is 32.7 Å². The molecule has 0 bridgehead atoms. The summed E-state index contributed by atoms with van der Waals surface area (Å²) in [6.07, 6.45) is 1.97. The maximum absolute atomic E-state index is 14.2. The van der Waals surface area contributed by atoms with Crippen LogP contribution in [0.2, 0.25) is 0 Å². The maximum Gasteiger partial charge on any atom is 0.234 e. The molecule has 0 radical (unpaired) electrons. The Morgan fingerprint density at radius 3 is 2.62 bits per heavy atom. The molecule has 1 aromatic rings. The first-order valence-corrected chi connectivity index (χ1v) is 7.39. The molecule has 0 spiro atoms. The lowest BCUT2D eigenvalue weighted by Gasteiger charge is -2.35. The molecule has 116 valence electrons. The van der Waals surface area contributed by atoms with Gasteiger partial charge in [-0.25, -0.2) is 14.4 Å². The number of hydrogen-bond donors (Lipinski definition) is 1. The second-order valence-electron chi connectivity index (χ2n) is 5.03. The standard InChI is InChI=1S/C14H22FN5O/c1-3-11-13(15)14(18-10-17-11)20-7-5-19(6-8-20)9-12(21)16-4-2/h10H,3-9H2,1-2H3,(H,16,21). The third-order valence-corrected chi connectivity index (χ3v) is 3.59. The quantitative estimate of drug-likeness (QED) is 0.854. The molecule has 21 heavy (non-hydrogen) atoms. The molecule has 7 heteroatoms. The zero-order valence-corrected chi connectivity index (χ0v) is 12.6. The van der Waals surface area contributed by atoms with Gasteiger partial charge in [0.05, 0.1) is 12.2 Å². The number of piperazine rings is 1. The third kappa shape index (κ3) is 3.87. The van der Waals surface area contributed by atoms with Gasteiger partial charge in [0.2, 0.25) is 5.91 Å². The number of anilines is 1. The number of halogens is 1. The summed E-state index contributed by atoms with van der Waals surface area (Å²) in [6, 6.07) is 0. The molecule has 6 nitrogen and oxygen atoms in total. The highest BCUT2D eigenvalue weighted by atomic mass is 19.1. The van der Waals surface area contributed by atoms with Crippen molar-refractivity contribution in [2.75, 3.05) is 44.2 Å².